The second-order valence-corrected chi connectivity index (χ2v) is 4.36. The summed E-state index contributed by atoms with van der Waals surface area (Å²) in [5.74, 6) is -0.0829. The van der Waals surface area contributed by atoms with Crippen LogP contribution in [0.4, 0.5) is 5.69 Å². The maximum absolute atomic E-state index is 11.2. The number of nitrogens with zero attached hydrogens (tertiary/aromatic N) is 1. The molecule has 80 valence electrons. The van der Waals surface area contributed by atoms with E-state index in [-0.39, 0.29) is 23.2 Å². The molecule has 0 N–H and O–H groups in total. The van der Waals surface area contributed by atoms with Crippen molar-refractivity contribution in [1.82, 2.24) is 0 Å². The van der Waals surface area contributed by atoms with Gasteiger partial charge in [0.05, 0.1) is 10.3 Å². The lowest BCUT2D eigenvalue weighted by Gasteiger charge is -2.01. The first-order valence-corrected chi connectivity index (χ1v) is 5.96. The predicted molar refractivity (Wildman–Crippen MR) is 63.3 cm³/mol. The van der Waals surface area contributed by atoms with Gasteiger partial charge in [-0.15, -0.1) is 0 Å². The predicted octanol–water partition coefficient (Wildman–Crippen LogP) is 2.86. The average molecular weight is 337 g/mol. The highest BCUT2D eigenvalue weighted by Gasteiger charge is 2.16. The van der Waals surface area contributed by atoms with Gasteiger partial charge in [-0.1, -0.05) is 37.9 Å². The van der Waals surface area contributed by atoms with Gasteiger partial charge in [-0.25, -0.2) is 0 Å². The fourth-order valence-corrected chi connectivity index (χ4v) is 1.66. The monoisotopic (exact) mass is 335 g/mol. The van der Waals surface area contributed by atoms with Crippen LogP contribution in [-0.4, -0.2) is 16.0 Å². The minimum absolute atomic E-state index is 0.0290. The molecule has 6 heteroatoms. The third-order valence-corrected chi connectivity index (χ3v) is 2.90. The van der Waals surface area contributed by atoms with Gasteiger partial charge in [-0.05, 0) is 6.07 Å². The van der Waals surface area contributed by atoms with Crippen LogP contribution in [0.2, 0.25) is 0 Å². The fraction of sp³-hybridized carbons (Fsp3) is 0.222. The average Bonchev–Trinajstić information content (AvgIpc) is 2.20. The van der Waals surface area contributed by atoms with Gasteiger partial charge in [0, 0.05) is 22.5 Å². The fourth-order valence-electron chi connectivity index (χ4n) is 1.12. The van der Waals surface area contributed by atoms with E-state index in [1.165, 1.54) is 6.07 Å². The Hall–Kier alpha value is -0.750. The van der Waals surface area contributed by atoms with Crippen LogP contribution < -0.4 is 0 Å². The molecule has 0 saturated heterocycles. The number of hydrogen-bond acceptors (Lipinski definition) is 3. The Kier molecular flexibility index (Phi) is 4.41. The van der Waals surface area contributed by atoms with Gasteiger partial charge in [-0.2, -0.15) is 0 Å². The maximum atomic E-state index is 11.2. The van der Waals surface area contributed by atoms with Crippen LogP contribution in [0.5, 0.6) is 0 Å². The first kappa shape index (κ1) is 12.3. The van der Waals surface area contributed by atoms with Gasteiger partial charge >= 0.3 is 0 Å². The van der Waals surface area contributed by atoms with E-state index in [1.54, 1.807) is 12.1 Å². The number of rotatable bonds is 4. The van der Waals surface area contributed by atoms with Crippen molar-refractivity contribution in [3.63, 3.8) is 0 Å². The Morgan fingerprint density at radius 3 is 2.67 bits per heavy atom. The first-order chi connectivity index (χ1) is 7.04. The zero-order chi connectivity index (χ0) is 11.4. The van der Waals surface area contributed by atoms with Crippen LogP contribution in [0.1, 0.15) is 5.56 Å². The molecule has 0 aliphatic rings. The molecule has 0 aromatic heterocycles. The molecule has 15 heavy (non-hydrogen) atoms. The summed E-state index contributed by atoms with van der Waals surface area (Å²) < 4.78 is 0.629. The minimum atomic E-state index is -0.485. The molecule has 0 aliphatic carbocycles. The van der Waals surface area contributed by atoms with E-state index in [0.717, 1.165) is 0 Å². The molecule has 0 aliphatic heterocycles. The van der Waals surface area contributed by atoms with Crippen LogP contribution >= 0.6 is 31.9 Å². The second kappa shape index (κ2) is 5.37. The molecular weight excluding hydrogens is 330 g/mol. The van der Waals surface area contributed by atoms with Gasteiger partial charge in [0.1, 0.15) is 5.78 Å². The second-order valence-electron chi connectivity index (χ2n) is 2.88. The number of carbonyl (C=O) groups is 1. The lowest BCUT2D eigenvalue weighted by Crippen LogP contribution is -2.06. The number of halogens is 2. The van der Waals surface area contributed by atoms with Crippen LogP contribution in [0.3, 0.4) is 0 Å². The zero-order valence-corrected chi connectivity index (χ0v) is 10.7. The molecular formula is C9H7Br2NO3. The molecule has 4 nitrogen and oxygen atoms in total. The molecule has 0 unspecified atom stereocenters. The van der Waals surface area contributed by atoms with Crippen LogP contribution in [0, 0.1) is 10.1 Å². The highest BCUT2D eigenvalue weighted by molar-refractivity contribution is 9.10. The minimum Gasteiger partial charge on any atom is -0.298 e. The van der Waals surface area contributed by atoms with Crippen molar-refractivity contribution in [1.29, 1.82) is 0 Å². The van der Waals surface area contributed by atoms with E-state index in [0.29, 0.717) is 10.0 Å². The Labute approximate surface area is 103 Å². The molecule has 1 aromatic carbocycles. The van der Waals surface area contributed by atoms with Gasteiger partial charge in [-0.3, -0.25) is 14.9 Å². The molecule has 0 atom stereocenters. The van der Waals surface area contributed by atoms with E-state index in [9.17, 15) is 14.9 Å². The maximum Gasteiger partial charge on any atom is 0.274 e. The highest BCUT2D eigenvalue weighted by Crippen LogP contribution is 2.24. The smallest absolute Gasteiger partial charge is 0.274 e. The summed E-state index contributed by atoms with van der Waals surface area (Å²) in [6, 6.07) is 4.67. The number of ketones is 1. The largest absolute Gasteiger partial charge is 0.298 e. The molecule has 0 saturated carbocycles. The molecule has 1 rings (SSSR count). The standard InChI is InChI=1S/C9H7Br2NO3/c10-5-8(13)3-6-1-2-7(11)4-9(6)12(14)15/h1-2,4H,3,5H2. The number of nitro groups is 1. The zero-order valence-electron chi connectivity index (χ0n) is 7.57. The normalized spacial score (nSPS) is 10.0. The van der Waals surface area contributed by atoms with Gasteiger partial charge in [0.2, 0.25) is 0 Å². The highest BCUT2D eigenvalue weighted by atomic mass is 79.9. The number of carbonyl (C=O) groups excluding carboxylic acids is 1. The van der Waals surface area contributed by atoms with Crippen molar-refractivity contribution in [2.24, 2.45) is 0 Å². The molecule has 0 bridgehead atoms. The van der Waals surface area contributed by atoms with Gasteiger partial charge < -0.3 is 0 Å². The molecule has 1 aromatic rings. The van der Waals surface area contributed by atoms with Crippen molar-refractivity contribution in [2.45, 2.75) is 6.42 Å². The van der Waals surface area contributed by atoms with E-state index in [1.807, 2.05) is 0 Å². The van der Waals surface area contributed by atoms with Crippen molar-refractivity contribution < 1.29 is 9.72 Å². The third-order valence-electron chi connectivity index (χ3n) is 1.78. The van der Waals surface area contributed by atoms with Crippen molar-refractivity contribution in [2.75, 3.05) is 5.33 Å². The summed E-state index contributed by atoms with van der Waals surface area (Å²) >= 11 is 6.17. The molecule has 0 radical (unpaired) electrons. The summed E-state index contributed by atoms with van der Waals surface area (Å²) in [4.78, 5) is 21.4. The molecule has 0 heterocycles. The summed E-state index contributed by atoms with van der Waals surface area (Å²) in [5, 5.41) is 10.9. The number of Topliss-reactive ketones (excluding diaryl/α,β-unsaturated/α-hetero) is 1. The first-order valence-electron chi connectivity index (χ1n) is 4.05. The Morgan fingerprint density at radius 1 is 1.47 bits per heavy atom. The Balaban J connectivity index is 3.06. The van der Waals surface area contributed by atoms with Gasteiger partial charge in [0.25, 0.3) is 5.69 Å². The van der Waals surface area contributed by atoms with E-state index >= 15 is 0 Å². The van der Waals surface area contributed by atoms with Gasteiger partial charge in [0.15, 0.2) is 0 Å². The number of benzene rings is 1. The number of hydrogen-bond donors (Lipinski definition) is 0. The molecule has 0 spiro atoms. The van der Waals surface area contributed by atoms with Crippen LogP contribution in [0.15, 0.2) is 22.7 Å². The summed E-state index contributed by atoms with van der Waals surface area (Å²) in [7, 11) is 0. The van der Waals surface area contributed by atoms with Crippen LogP contribution in [0.25, 0.3) is 0 Å². The SMILES string of the molecule is O=C(CBr)Cc1ccc(Br)cc1[N+](=O)[O-]. The topological polar surface area (TPSA) is 60.2 Å². The van der Waals surface area contributed by atoms with E-state index in [4.69, 9.17) is 0 Å². The lowest BCUT2D eigenvalue weighted by molar-refractivity contribution is -0.385. The number of nitro benzene ring substituents is 1. The van der Waals surface area contributed by atoms with E-state index in [2.05, 4.69) is 31.9 Å². The lowest BCUT2D eigenvalue weighted by atomic mass is 10.1. The molecule has 0 amide bonds. The van der Waals surface area contributed by atoms with Crippen molar-refractivity contribution >= 4 is 43.3 Å². The van der Waals surface area contributed by atoms with E-state index < -0.39 is 4.92 Å². The van der Waals surface area contributed by atoms with Crippen molar-refractivity contribution in [3.8, 4) is 0 Å². The third kappa shape index (κ3) is 3.39. The Bertz CT molecular complexity index is 406. The Morgan fingerprint density at radius 2 is 2.13 bits per heavy atom. The van der Waals surface area contributed by atoms with Crippen LogP contribution in [-0.2, 0) is 11.2 Å². The molecule has 0 fully saturated rings. The summed E-state index contributed by atoms with van der Waals surface area (Å²) in [5.41, 5.74) is 0.409. The summed E-state index contributed by atoms with van der Waals surface area (Å²) in [6.07, 6.45) is 0.0782. The quantitative estimate of drug-likeness (QED) is 0.482. The summed E-state index contributed by atoms with van der Waals surface area (Å²) in [6.45, 7) is 0. The number of alkyl halides is 1. The van der Waals surface area contributed by atoms with Crippen molar-refractivity contribution in [3.05, 3.63) is 38.3 Å².